The number of hydrogen-bond donors (Lipinski definition) is 1. The lowest BCUT2D eigenvalue weighted by molar-refractivity contribution is -0.361. The topological polar surface area (TPSA) is 41.6 Å². The number of hydrogen-bond acceptors (Lipinski definition) is 2. The number of nitrogens with zero attached hydrogens (tertiary/aromatic N) is 2. The number of fused-ring (bicyclic) bond motifs is 1. The second-order valence-corrected chi connectivity index (χ2v) is 4.63. The number of nitrogens with one attached hydrogen (secondary N) is 1. The van der Waals surface area contributed by atoms with Crippen LogP contribution in [0.5, 0.6) is 0 Å². The number of pyridine rings is 1. The highest BCUT2D eigenvalue weighted by Crippen LogP contribution is 2.51. The van der Waals surface area contributed by atoms with Crippen molar-refractivity contribution >= 4 is 34.4 Å². The van der Waals surface area contributed by atoms with Crippen LogP contribution in [-0.2, 0) is 5.92 Å². The Hall–Kier alpha value is -1.29. The molecule has 116 valence electrons. The Kier molecular flexibility index (Phi) is 3.53. The quantitative estimate of drug-likeness (QED) is 0.634. The van der Waals surface area contributed by atoms with Crippen LogP contribution in [0.1, 0.15) is 5.82 Å². The van der Waals surface area contributed by atoms with Crippen molar-refractivity contribution in [2.45, 2.75) is 18.0 Å². The summed E-state index contributed by atoms with van der Waals surface area (Å²) in [5.41, 5.74) is -0.936. The van der Waals surface area contributed by atoms with E-state index >= 15 is 0 Å². The molecule has 0 aliphatic heterocycles. The number of rotatable bonds is 2. The molecule has 0 aromatic carbocycles. The molecular formula is C9H2Cl2F7N3. The molecule has 2 aromatic rings. The normalized spacial score (nSPS) is 14.0. The Labute approximate surface area is 121 Å². The van der Waals surface area contributed by atoms with Crippen molar-refractivity contribution in [1.82, 2.24) is 15.0 Å². The zero-order chi connectivity index (χ0) is 16.2. The average Bonchev–Trinajstić information content (AvgIpc) is 2.71. The molecule has 21 heavy (non-hydrogen) atoms. The third kappa shape index (κ3) is 2.39. The summed E-state index contributed by atoms with van der Waals surface area (Å²) in [5, 5.41) is -0.585. The van der Waals surface area contributed by atoms with Crippen LogP contribution >= 0.6 is 23.2 Å². The van der Waals surface area contributed by atoms with E-state index in [0.717, 1.165) is 6.07 Å². The molecule has 0 saturated carbocycles. The van der Waals surface area contributed by atoms with Gasteiger partial charge in [-0.15, -0.1) is 0 Å². The molecule has 0 aliphatic carbocycles. The standard InChI is InChI=1S/C9H2Cl2F7N3/c10-2-1-3-5(20-4(2)11)21-6(19-3)7(12,13)8(14,15)9(16,17)18/h1H,(H,19,20,21). The van der Waals surface area contributed by atoms with Gasteiger partial charge >= 0.3 is 18.0 Å². The summed E-state index contributed by atoms with van der Waals surface area (Å²) in [6.07, 6.45) is -6.46. The Balaban J connectivity index is 2.60. The summed E-state index contributed by atoms with van der Waals surface area (Å²) in [5.74, 6) is -13.8. The van der Waals surface area contributed by atoms with Crippen LogP contribution in [-0.4, -0.2) is 27.1 Å². The first-order valence-corrected chi connectivity index (χ1v) is 5.68. The van der Waals surface area contributed by atoms with Gasteiger partial charge < -0.3 is 4.98 Å². The second kappa shape index (κ2) is 4.60. The fourth-order valence-electron chi connectivity index (χ4n) is 1.37. The van der Waals surface area contributed by atoms with E-state index in [4.69, 9.17) is 23.2 Å². The number of halogens is 9. The summed E-state index contributed by atoms with van der Waals surface area (Å²) >= 11 is 11.0. The summed E-state index contributed by atoms with van der Waals surface area (Å²) in [4.78, 5) is 7.95. The van der Waals surface area contributed by atoms with Gasteiger partial charge in [0.25, 0.3) is 0 Å². The highest BCUT2D eigenvalue weighted by molar-refractivity contribution is 6.41. The average molecular weight is 356 g/mol. The number of aromatic amines is 1. The van der Waals surface area contributed by atoms with Gasteiger partial charge in [0.05, 0.1) is 10.5 Å². The maximum Gasteiger partial charge on any atom is 0.460 e. The van der Waals surface area contributed by atoms with Gasteiger partial charge in [0, 0.05) is 0 Å². The van der Waals surface area contributed by atoms with Crippen LogP contribution in [0.15, 0.2) is 6.07 Å². The molecule has 0 aliphatic rings. The van der Waals surface area contributed by atoms with Gasteiger partial charge in [0.2, 0.25) is 0 Å². The van der Waals surface area contributed by atoms with Gasteiger partial charge in [-0.3, -0.25) is 0 Å². The zero-order valence-corrected chi connectivity index (χ0v) is 10.9. The van der Waals surface area contributed by atoms with Crippen molar-refractivity contribution in [2.24, 2.45) is 0 Å². The Morgan fingerprint density at radius 2 is 1.52 bits per heavy atom. The van der Waals surface area contributed by atoms with Crippen LogP contribution in [0, 0.1) is 0 Å². The number of aromatic nitrogens is 3. The Morgan fingerprint density at radius 1 is 0.952 bits per heavy atom. The molecule has 0 unspecified atom stereocenters. The lowest BCUT2D eigenvalue weighted by atomic mass is 10.1. The first-order valence-electron chi connectivity index (χ1n) is 4.92. The summed E-state index contributed by atoms with van der Waals surface area (Å²) in [6.45, 7) is 0. The van der Waals surface area contributed by atoms with Gasteiger partial charge in [0.15, 0.2) is 11.5 Å². The highest BCUT2D eigenvalue weighted by atomic mass is 35.5. The minimum atomic E-state index is -6.46. The first kappa shape index (κ1) is 16.1. The molecule has 0 bridgehead atoms. The third-order valence-electron chi connectivity index (χ3n) is 2.43. The van der Waals surface area contributed by atoms with Gasteiger partial charge in [0.1, 0.15) is 5.15 Å². The van der Waals surface area contributed by atoms with Crippen molar-refractivity contribution in [3.8, 4) is 0 Å². The van der Waals surface area contributed by atoms with Crippen LogP contribution in [0.2, 0.25) is 10.2 Å². The Bertz CT molecular complexity index is 655. The van der Waals surface area contributed by atoms with Crippen LogP contribution in [0.3, 0.4) is 0 Å². The molecule has 0 spiro atoms. The van der Waals surface area contributed by atoms with Crippen molar-refractivity contribution in [3.05, 3.63) is 22.1 Å². The van der Waals surface area contributed by atoms with E-state index in [1.54, 1.807) is 4.98 Å². The van der Waals surface area contributed by atoms with E-state index in [1.807, 2.05) is 0 Å². The maximum atomic E-state index is 13.4. The van der Waals surface area contributed by atoms with Crippen LogP contribution in [0.25, 0.3) is 11.2 Å². The smallest absolute Gasteiger partial charge is 0.335 e. The molecule has 2 heterocycles. The first-order chi connectivity index (χ1) is 9.38. The molecule has 0 saturated heterocycles. The van der Waals surface area contributed by atoms with Gasteiger partial charge in [-0.25, -0.2) is 9.97 Å². The van der Waals surface area contributed by atoms with E-state index < -0.39 is 29.5 Å². The van der Waals surface area contributed by atoms with Gasteiger partial charge in [-0.05, 0) is 6.07 Å². The van der Waals surface area contributed by atoms with Crippen molar-refractivity contribution < 1.29 is 30.7 Å². The summed E-state index contributed by atoms with van der Waals surface area (Å²) in [6, 6.07) is 0.921. The minimum absolute atomic E-state index is 0.217. The molecular weight excluding hydrogens is 354 g/mol. The largest absolute Gasteiger partial charge is 0.460 e. The fourth-order valence-corrected chi connectivity index (χ4v) is 1.66. The zero-order valence-electron chi connectivity index (χ0n) is 9.37. The fraction of sp³-hybridized carbons (Fsp3) is 0.333. The predicted octanol–water partition coefficient (Wildman–Crippen LogP) is 4.55. The maximum absolute atomic E-state index is 13.4. The van der Waals surface area contributed by atoms with Gasteiger partial charge in [-0.2, -0.15) is 30.7 Å². The molecule has 2 aromatic heterocycles. The lowest BCUT2D eigenvalue weighted by Crippen LogP contribution is -2.50. The molecule has 2 rings (SSSR count). The molecule has 12 heteroatoms. The van der Waals surface area contributed by atoms with E-state index in [-0.39, 0.29) is 15.7 Å². The summed E-state index contributed by atoms with van der Waals surface area (Å²) < 4.78 is 88.8. The SMILES string of the molecule is FC(F)(F)C(F)(F)C(F)(F)c1nc2nc(Cl)c(Cl)cc2[nH]1. The molecule has 0 radical (unpaired) electrons. The molecule has 3 nitrogen and oxygen atoms in total. The second-order valence-electron chi connectivity index (χ2n) is 3.86. The van der Waals surface area contributed by atoms with E-state index in [9.17, 15) is 30.7 Å². The van der Waals surface area contributed by atoms with E-state index in [0.29, 0.717) is 0 Å². The number of imidazole rings is 1. The number of H-pyrrole nitrogens is 1. The van der Waals surface area contributed by atoms with E-state index in [1.165, 1.54) is 0 Å². The minimum Gasteiger partial charge on any atom is -0.335 e. The highest BCUT2D eigenvalue weighted by Gasteiger charge is 2.74. The lowest BCUT2D eigenvalue weighted by Gasteiger charge is -2.26. The van der Waals surface area contributed by atoms with Crippen molar-refractivity contribution in [3.63, 3.8) is 0 Å². The molecule has 0 amide bonds. The Morgan fingerprint density at radius 3 is 2.05 bits per heavy atom. The number of alkyl halides is 7. The summed E-state index contributed by atoms with van der Waals surface area (Å²) in [7, 11) is 0. The van der Waals surface area contributed by atoms with Gasteiger partial charge in [-0.1, -0.05) is 23.2 Å². The van der Waals surface area contributed by atoms with E-state index in [2.05, 4.69) is 9.97 Å². The van der Waals surface area contributed by atoms with Crippen LogP contribution in [0.4, 0.5) is 30.7 Å². The molecule has 0 atom stereocenters. The molecule has 0 fully saturated rings. The predicted molar refractivity (Wildman–Crippen MR) is 58.8 cm³/mol. The molecule has 1 N–H and O–H groups in total. The van der Waals surface area contributed by atoms with Crippen LogP contribution < -0.4 is 0 Å². The van der Waals surface area contributed by atoms with Crippen molar-refractivity contribution in [2.75, 3.05) is 0 Å². The van der Waals surface area contributed by atoms with Crippen molar-refractivity contribution in [1.29, 1.82) is 0 Å². The third-order valence-corrected chi connectivity index (χ3v) is 3.10. The monoisotopic (exact) mass is 355 g/mol.